The van der Waals surface area contributed by atoms with Crippen LogP contribution in [-0.4, -0.2) is 44.7 Å². The number of allylic oxidation sites excluding steroid dienone is 3. The zero-order valence-electron chi connectivity index (χ0n) is 9.28. The summed E-state index contributed by atoms with van der Waals surface area (Å²) in [5.74, 6) is 0.824. The van der Waals surface area contributed by atoms with Crippen molar-refractivity contribution < 1.29 is 19.3 Å². The Kier molecular flexibility index (Phi) is 10.6. The van der Waals surface area contributed by atoms with Gasteiger partial charge in [0.2, 0.25) is 0 Å². The van der Waals surface area contributed by atoms with E-state index in [0.29, 0.717) is 33.0 Å². The highest BCUT2D eigenvalue weighted by Crippen LogP contribution is 1.94. The topological polar surface area (TPSA) is 47.9 Å². The van der Waals surface area contributed by atoms with Gasteiger partial charge in [0.1, 0.15) is 6.61 Å². The molecule has 0 unspecified atom stereocenters. The quantitative estimate of drug-likeness (QED) is 0.338. The monoisotopic (exact) mass is 216 g/mol. The molecule has 0 atom stereocenters. The number of hydrogen-bond acceptors (Lipinski definition) is 4. The molecule has 4 nitrogen and oxygen atoms in total. The van der Waals surface area contributed by atoms with Gasteiger partial charge in [-0.3, -0.25) is 0 Å². The first-order chi connectivity index (χ1) is 7.31. The molecule has 1 N–H and O–H groups in total. The highest BCUT2D eigenvalue weighted by Gasteiger charge is 1.91. The number of aliphatic hydroxyl groups is 1. The maximum absolute atomic E-state index is 8.42. The Bertz CT molecular complexity index is 177. The van der Waals surface area contributed by atoms with Crippen molar-refractivity contribution in [3.63, 3.8) is 0 Å². The molecule has 0 aliphatic rings. The molecule has 0 spiro atoms. The lowest BCUT2D eigenvalue weighted by atomic mass is 10.5. The molecule has 0 heterocycles. The lowest BCUT2D eigenvalue weighted by molar-refractivity contribution is 0.0178. The number of ether oxygens (including phenoxy) is 3. The van der Waals surface area contributed by atoms with Gasteiger partial charge < -0.3 is 19.3 Å². The third-order valence-corrected chi connectivity index (χ3v) is 1.52. The van der Waals surface area contributed by atoms with Crippen molar-refractivity contribution in [2.75, 3.05) is 39.6 Å². The lowest BCUT2D eigenvalue weighted by Crippen LogP contribution is -2.10. The fourth-order valence-corrected chi connectivity index (χ4v) is 0.862. The average molecular weight is 216 g/mol. The summed E-state index contributed by atoms with van der Waals surface area (Å²) in [5.41, 5.74) is 0. The summed E-state index contributed by atoms with van der Waals surface area (Å²) in [5, 5.41) is 8.42. The molecule has 0 aromatic heterocycles. The van der Waals surface area contributed by atoms with Crippen LogP contribution in [0.3, 0.4) is 0 Å². The van der Waals surface area contributed by atoms with Gasteiger partial charge in [0, 0.05) is 0 Å². The summed E-state index contributed by atoms with van der Waals surface area (Å²) in [4.78, 5) is 0. The molecule has 0 rings (SSSR count). The van der Waals surface area contributed by atoms with Crippen LogP contribution in [0.4, 0.5) is 0 Å². The van der Waals surface area contributed by atoms with Gasteiger partial charge in [0.25, 0.3) is 0 Å². The van der Waals surface area contributed by atoms with E-state index in [-0.39, 0.29) is 6.61 Å². The van der Waals surface area contributed by atoms with Crippen LogP contribution < -0.4 is 0 Å². The second-order valence-corrected chi connectivity index (χ2v) is 2.81. The van der Waals surface area contributed by atoms with Gasteiger partial charge in [0.05, 0.1) is 38.8 Å². The first-order valence-electron chi connectivity index (χ1n) is 4.99. The molecular formula is C11H20O4. The van der Waals surface area contributed by atoms with E-state index in [1.807, 2.05) is 6.92 Å². The summed E-state index contributed by atoms with van der Waals surface area (Å²) in [6, 6.07) is 0. The van der Waals surface area contributed by atoms with Crippen LogP contribution in [0.15, 0.2) is 24.5 Å². The zero-order valence-corrected chi connectivity index (χ0v) is 9.28. The minimum absolute atomic E-state index is 0.0503. The van der Waals surface area contributed by atoms with Crippen molar-refractivity contribution in [2.45, 2.75) is 6.92 Å². The van der Waals surface area contributed by atoms with Gasteiger partial charge in [0.15, 0.2) is 0 Å². The van der Waals surface area contributed by atoms with E-state index in [1.54, 1.807) is 12.2 Å². The van der Waals surface area contributed by atoms with E-state index in [1.165, 1.54) is 0 Å². The summed E-state index contributed by atoms with van der Waals surface area (Å²) < 4.78 is 15.5. The van der Waals surface area contributed by atoms with Gasteiger partial charge in [-0.25, -0.2) is 0 Å². The standard InChI is InChI=1S/C11H20O4/c1-3-4-11(2)15-10-9-14-8-7-13-6-5-12/h3-4,12H,1,5-10H2,2H3. The smallest absolute Gasteiger partial charge is 0.111 e. The van der Waals surface area contributed by atoms with Gasteiger partial charge in [-0.15, -0.1) is 0 Å². The van der Waals surface area contributed by atoms with Crippen molar-refractivity contribution in [3.8, 4) is 0 Å². The second-order valence-electron chi connectivity index (χ2n) is 2.81. The minimum Gasteiger partial charge on any atom is -0.496 e. The molecule has 0 amide bonds. The second kappa shape index (κ2) is 11.2. The first kappa shape index (κ1) is 14.2. The SMILES string of the molecule is C=CC=C(C)OCCOCCOCCO. The number of aliphatic hydroxyl groups excluding tert-OH is 1. The predicted octanol–water partition coefficient (Wildman–Crippen LogP) is 1.12. The van der Waals surface area contributed by atoms with Crippen LogP contribution in [-0.2, 0) is 14.2 Å². The molecule has 4 heteroatoms. The van der Waals surface area contributed by atoms with Crippen molar-refractivity contribution in [3.05, 3.63) is 24.5 Å². The van der Waals surface area contributed by atoms with Crippen molar-refractivity contribution in [2.24, 2.45) is 0 Å². The van der Waals surface area contributed by atoms with E-state index in [2.05, 4.69) is 6.58 Å². The summed E-state index contributed by atoms with van der Waals surface area (Å²) >= 11 is 0. The Morgan fingerprint density at radius 3 is 2.33 bits per heavy atom. The third-order valence-electron chi connectivity index (χ3n) is 1.52. The van der Waals surface area contributed by atoms with Crippen LogP contribution in [0, 0.1) is 0 Å². The van der Waals surface area contributed by atoms with Crippen LogP contribution in [0.5, 0.6) is 0 Å². The molecule has 15 heavy (non-hydrogen) atoms. The summed E-state index contributed by atoms with van der Waals surface area (Å²) in [6.45, 7) is 7.92. The lowest BCUT2D eigenvalue weighted by Gasteiger charge is -2.07. The largest absolute Gasteiger partial charge is 0.496 e. The van der Waals surface area contributed by atoms with E-state index in [0.717, 1.165) is 5.76 Å². The molecule has 88 valence electrons. The molecule has 0 aromatic rings. The minimum atomic E-state index is 0.0503. The summed E-state index contributed by atoms with van der Waals surface area (Å²) in [7, 11) is 0. The van der Waals surface area contributed by atoms with E-state index < -0.39 is 0 Å². The zero-order chi connectivity index (χ0) is 11.4. The highest BCUT2D eigenvalue weighted by molar-refractivity contribution is 5.01. The maximum Gasteiger partial charge on any atom is 0.111 e. The molecule has 0 aliphatic carbocycles. The molecular weight excluding hydrogens is 196 g/mol. The van der Waals surface area contributed by atoms with Gasteiger partial charge in [-0.2, -0.15) is 0 Å². The first-order valence-corrected chi connectivity index (χ1v) is 4.99. The average Bonchev–Trinajstić information content (AvgIpc) is 2.22. The summed E-state index contributed by atoms with van der Waals surface area (Å²) in [6.07, 6.45) is 3.48. The Morgan fingerprint density at radius 1 is 1.13 bits per heavy atom. The fourth-order valence-electron chi connectivity index (χ4n) is 0.862. The molecule has 0 saturated heterocycles. The molecule has 0 aromatic carbocycles. The number of hydrogen-bond donors (Lipinski definition) is 1. The Morgan fingerprint density at radius 2 is 1.73 bits per heavy atom. The predicted molar refractivity (Wildman–Crippen MR) is 58.6 cm³/mol. The van der Waals surface area contributed by atoms with Gasteiger partial charge in [-0.1, -0.05) is 12.7 Å². The van der Waals surface area contributed by atoms with Crippen molar-refractivity contribution in [1.29, 1.82) is 0 Å². The molecule has 0 aliphatic heterocycles. The van der Waals surface area contributed by atoms with Crippen LogP contribution in [0.2, 0.25) is 0 Å². The van der Waals surface area contributed by atoms with Crippen LogP contribution >= 0.6 is 0 Å². The van der Waals surface area contributed by atoms with E-state index in [9.17, 15) is 0 Å². The maximum atomic E-state index is 8.42. The Hall–Kier alpha value is -0.840. The molecule has 0 saturated carbocycles. The molecule has 0 radical (unpaired) electrons. The Balaban J connectivity index is 3.11. The fraction of sp³-hybridized carbons (Fsp3) is 0.636. The van der Waals surface area contributed by atoms with Crippen molar-refractivity contribution >= 4 is 0 Å². The van der Waals surface area contributed by atoms with Gasteiger partial charge >= 0.3 is 0 Å². The normalized spacial score (nSPS) is 11.5. The molecule has 0 bridgehead atoms. The van der Waals surface area contributed by atoms with Crippen molar-refractivity contribution in [1.82, 2.24) is 0 Å². The third kappa shape index (κ3) is 11.1. The van der Waals surface area contributed by atoms with Crippen LogP contribution in [0.25, 0.3) is 0 Å². The van der Waals surface area contributed by atoms with E-state index in [4.69, 9.17) is 19.3 Å². The number of rotatable bonds is 10. The highest BCUT2D eigenvalue weighted by atomic mass is 16.5. The van der Waals surface area contributed by atoms with Gasteiger partial charge in [-0.05, 0) is 13.0 Å². The molecule has 0 fully saturated rings. The Labute approximate surface area is 91.1 Å². The van der Waals surface area contributed by atoms with Crippen LogP contribution in [0.1, 0.15) is 6.92 Å². The van der Waals surface area contributed by atoms with E-state index >= 15 is 0 Å².